The molecular weight excluding hydrogens is 340 g/mol. The van der Waals surface area contributed by atoms with E-state index in [1.165, 1.54) is 0 Å². The second kappa shape index (κ2) is 7.36. The quantitative estimate of drug-likeness (QED) is 0.330. The van der Waals surface area contributed by atoms with Gasteiger partial charge in [0.15, 0.2) is 11.2 Å². The molecule has 1 aromatic carbocycles. The highest BCUT2D eigenvalue weighted by Crippen LogP contribution is 2.22. The minimum absolute atomic E-state index is 0.0114. The van der Waals surface area contributed by atoms with Crippen LogP contribution >= 0.6 is 0 Å². The molecule has 0 aliphatic rings. The van der Waals surface area contributed by atoms with Crippen molar-refractivity contribution < 1.29 is 14.6 Å². The third kappa shape index (κ3) is 3.97. The first-order valence-corrected chi connectivity index (χ1v) is 7.50. The minimum Gasteiger partial charge on any atom is -0.481 e. The monoisotopic (exact) mass is 354 g/mol. The molecule has 0 spiro atoms. The Morgan fingerprint density at radius 2 is 2.00 bits per heavy atom. The molecule has 0 unspecified atom stereocenters. The van der Waals surface area contributed by atoms with E-state index in [1.54, 1.807) is 0 Å². The number of aromatic amines is 1. The summed E-state index contributed by atoms with van der Waals surface area (Å²) in [5.74, 6) is -0.630. The van der Waals surface area contributed by atoms with Gasteiger partial charge >= 0.3 is 5.97 Å². The summed E-state index contributed by atoms with van der Waals surface area (Å²) in [6.07, 6.45) is -0.275. The van der Waals surface area contributed by atoms with Crippen LogP contribution in [0.3, 0.4) is 0 Å². The summed E-state index contributed by atoms with van der Waals surface area (Å²) in [4.78, 5) is 28.5. The van der Waals surface area contributed by atoms with Gasteiger partial charge in [-0.1, -0.05) is 29.4 Å². The normalized spacial score (nSPS) is 10.5. The number of anilines is 1. The number of benzene rings is 1. The molecular formula is C15H14N8O3. The predicted octanol–water partition coefficient (Wildman–Crippen LogP) is 1.95. The van der Waals surface area contributed by atoms with Crippen LogP contribution in [0.25, 0.3) is 21.6 Å². The number of carboxylic acid groups (broad SMARTS) is 1. The van der Waals surface area contributed by atoms with E-state index in [4.69, 9.17) is 21.1 Å². The second-order valence-corrected chi connectivity index (χ2v) is 5.33. The van der Waals surface area contributed by atoms with Crippen molar-refractivity contribution in [3.8, 4) is 5.88 Å². The fourth-order valence-electron chi connectivity index (χ4n) is 2.27. The zero-order chi connectivity index (χ0) is 18.5. The lowest BCUT2D eigenvalue weighted by atomic mass is 10.1. The highest BCUT2D eigenvalue weighted by molar-refractivity contribution is 5.79. The zero-order valence-electron chi connectivity index (χ0n) is 13.5. The summed E-state index contributed by atoms with van der Waals surface area (Å²) in [6.45, 7) is 0.481. The lowest BCUT2D eigenvalue weighted by molar-refractivity contribution is -0.136. The van der Waals surface area contributed by atoms with Gasteiger partial charge in [-0.05, 0) is 16.7 Å². The Hall–Kier alpha value is -3.85. The van der Waals surface area contributed by atoms with Crippen LogP contribution in [0.4, 0.5) is 5.95 Å². The highest BCUT2D eigenvalue weighted by Gasteiger charge is 2.15. The molecule has 3 rings (SSSR count). The van der Waals surface area contributed by atoms with Crippen molar-refractivity contribution >= 4 is 23.1 Å². The van der Waals surface area contributed by atoms with E-state index in [9.17, 15) is 4.79 Å². The van der Waals surface area contributed by atoms with Gasteiger partial charge in [0.25, 0.3) is 0 Å². The van der Waals surface area contributed by atoms with Gasteiger partial charge in [-0.2, -0.15) is 9.97 Å². The Morgan fingerprint density at radius 1 is 1.27 bits per heavy atom. The smallest absolute Gasteiger partial charge is 0.311 e. The molecule has 11 nitrogen and oxygen atoms in total. The average molecular weight is 354 g/mol. The number of H-pyrrole nitrogens is 1. The molecule has 3 aromatic rings. The highest BCUT2D eigenvalue weighted by atomic mass is 16.5. The Bertz CT molecular complexity index is 992. The Morgan fingerprint density at radius 3 is 2.69 bits per heavy atom. The number of azide groups is 1. The lowest BCUT2D eigenvalue weighted by Gasteiger charge is -2.07. The minimum atomic E-state index is -1.02. The van der Waals surface area contributed by atoms with Crippen LogP contribution in [0.2, 0.25) is 0 Å². The number of ether oxygens (including phenoxy) is 1. The number of imidazole rings is 1. The second-order valence-electron chi connectivity index (χ2n) is 5.33. The van der Waals surface area contributed by atoms with Crippen LogP contribution < -0.4 is 10.5 Å². The molecule has 0 aliphatic heterocycles. The van der Waals surface area contributed by atoms with E-state index in [1.807, 2.05) is 24.3 Å². The molecule has 0 aliphatic carbocycles. The molecule has 26 heavy (non-hydrogen) atoms. The molecule has 2 heterocycles. The number of nitrogens with zero attached hydrogens (tertiary/aromatic N) is 6. The van der Waals surface area contributed by atoms with Gasteiger partial charge in [-0.15, -0.1) is 0 Å². The summed E-state index contributed by atoms with van der Waals surface area (Å²) in [5.41, 5.74) is 16.4. The number of carboxylic acids is 1. The molecule has 0 atom stereocenters. The van der Waals surface area contributed by atoms with Crippen LogP contribution in [0.1, 0.15) is 17.0 Å². The Kier molecular flexibility index (Phi) is 4.81. The van der Waals surface area contributed by atoms with Crippen molar-refractivity contribution in [2.45, 2.75) is 19.6 Å². The number of carbonyl (C=O) groups is 1. The first-order valence-electron chi connectivity index (χ1n) is 7.50. The number of hydrogen-bond acceptors (Lipinski definition) is 7. The van der Waals surface area contributed by atoms with Gasteiger partial charge in [0.2, 0.25) is 11.8 Å². The van der Waals surface area contributed by atoms with Gasteiger partial charge in [0, 0.05) is 4.91 Å². The summed E-state index contributed by atoms with van der Waals surface area (Å²) in [6, 6.07) is 7.34. The number of hydrogen-bond donors (Lipinski definition) is 3. The van der Waals surface area contributed by atoms with Crippen molar-refractivity contribution in [1.82, 2.24) is 19.9 Å². The molecule has 0 saturated heterocycles. The van der Waals surface area contributed by atoms with E-state index in [-0.39, 0.29) is 37.2 Å². The summed E-state index contributed by atoms with van der Waals surface area (Å²) >= 11 is 0. The van der Waals surface area contributed by atoms with Crippen LogP contribution in [0, 0.1) is 0 Å². The Labute approximate surface area is 146 Å². The fraction of sp³-hybridized carbons (Fsp3) is 0.200. The molecule has 0 amide bonds. The average Bonchev–Trinajstić information content (AvgIpc) is 3.00. The standard InChI is InChI=1S/C15H14N8O3/c16-15-21-13-12(19-10(20-13)5-11(24)25)14(22-15)26-7-9-3-1-8(2-4-9)6-18-23-17/h1-4H,5-7H2,(H,24,25)(H3,16,19,20,21,22). The van der Waals surface area contributed by atoms with Crippen LogP contribution in [0.5, 0.6) is 5.88 Å². The van der Waals surface area contributed by atoms with Crippen LogP contribution in [-0.4, -0.2) is 31.0 Å². The Balaban J connectivity index is 1.78. The van der Waals surface area contributed by atoms with E-state index in [0.29, 0.717) is 11.2 Å². The predicted molar refractivity (Wildman–Crippen MR) is 91.1 cm³/mol. The van der Waals surface area contributed by atoms with E-state index in [0.717, 1.165) is 11.1 Å². The zero-order valence-corrected chi connectivity index (χ0v) is 13.5. The van der Waals surface area contributed by atoms with E-state index in [2.05, 4.69) is 30.0 Å². The number of nitrogens with two attached hydrogens (primary N) is 1. The SMILES string of the molecule is [N-]=[N+]=NCc1ccc(COc2nc(N)nc3[nH]c(CC(=O)O)nc23)cc1. The molecule has 0 bridgehead atoms. The number of rotatable bonds is 7. The van der Waals surface area contributed by atoms with Gasteiger partial charge in [0.1, 0.15) is 18.9 Å². The molecule has 11 heteroatoms. The van der Waals surface area contributed by atoms with Crippen molar-refractivity contribution in [1.29, 1.82) is 0 Å². The topological polar surface area (TPSA) is 176 Å². The summed E-state index contributed by atoms with van der Waals surface area (Å²) in [7, 11) is 0. The third-order valence-corrected chi connectivity index (χ3v) is 3.41. The molecule has 0 radical (unpaired) electrons. The summed E-state index contributed by atoms with van der Waals surface area (Å²) in [5, 5.41) is 12.4. The van der Waals surface area contributed by atoms with Gasteiger partial charge in [0.05, 0.1) is 6.54 Å². The number of fused-ring (bicyclic) bond motifs is 1. The van der Waals surface area contributed by atoms with Gasteiger partial charge in [-0.3, -0.25) is 4.79 Å². The molecule has 0 fully saturated rings. The molecule has 4 N–H and O–H groups in total. The summed E-state index contributed by atoms with van der Waals surface area (Å²) < 4.78 is 5.68. The van der Waals surface area contributed by atoms with Crippen molar-refractivity contribution in [3.63, 3.8) is 0 Å². The van der Waals surface area contributed by atoms with E-state index < -0.39 is 5.97 Å². The first kappa shape index (κ1) is 17.0. The number of aromatic nitrogens is 4. The van der Waals surface area contributed by atoms with Gasteiger partial charge < -0.3 is 20.6 Å². The number of nitrogen functional groups attached to an aromatic ring is 1. The largest absolute Gasteiger partial charge is 0.481 e. The maximum Gasteiger partial charge on any atom is 0.311 e. The number of nitrogens with one attached hydrogen (secondary N) is 1. The van der Waals surface area contributed by atoms with Crippen LogP contribution in [-0.2, 0) is 24.4 Å². The van der Waals surface area contributed by atoms with Crippen molar-refractivity contribution in [2.75, 3.05) is 5.73 Å². The van der Waals surface area contributed by atoms with Crippen molar-refractivity contribution in [2.24, 2.45) is 5.11 Å². The lowest BCUT2D eigenvalue weighted by Crippen LogP contribution is -2.02. The number of aliphatic carboxylic acids is 1. The third-order valence-electron chi connectivity index (χ3n) is 3.41. The maximum atomic E-state index is 10.8. The van der Waals surface area contributed by atoms with Crippen LogP contribution in [0.15, 0.2) is 29.4 Å². The maximum absolute atomic E-state index is 10.8. The fourth-order valence-corrected chi connectivity index (χ4v) is 2.27. The molecule has 2 aromatic heterocycles. The first-order chi connectivity index (χ1) is 12.5. The molecule has 0 saturated carbocycles. The van der Waals surface area contributed by atoms with Crippen molar-refractivity contribution in [3.05, 3.63) is 51.7 Å². The molecule has 132 valence electrons. The van der Waals surface area contributed by atoms with Gasteiger partial charge in [-0.25, -0.2) is 4.98 Å². The van der Waals surface area contributed by atoms with E-state index >= 15 is 0 Å².